The van der Waals surface area contributed by atoms with Gasteiger partial charge in [0.25, 0.3) is 0 Å². The predicted octanol–water partition coefficient (Wildman–Crippen LogP) is 2.25. The molecule has 0 saturated carbocycles. The van der Waals surface area contributed by atoms with E-state index in [1.807, 2.05) is 0 Å². The van der Waals surface area contributed by atoms with E-state index in [9.17, 15) is 0 Å². The zero-order valence-electron chi connectivity index (χ0n) is 10.7. The fraction of sp³-hybridized carbons (Fsp3) is 0.857. The Morgan fingerprint density at radius 2 is 2.06 bits per heavy atom. The third-order valence-corrected chi connectivity index (χ3v) is 3.32. The van der Waals surface area contributed by atoms with Crippen molar-refractivity contribution in [3.63, 3.8) is 0 Å². The molecule has 1 aliphatic rings. The first kappa shape index (κ1) is 13.5. The molecule has 2 nitrogen and oxygen atoms in total. The smallest absolute Gasteiger partial charge is 0.00914 e. The van der Waals surface area contributed by atoms with Gasteiger partial charge in [-0.25, -0.2) is 0 Å². The van der Waals surface area contributed by atoms with Crippen molar-refractivity contribution in [1.82, 2.24) is 10.2 Å². The Labute approximate surface area is 101 Å². The van der Waals surface area contributed by atoms with Crippen LogP contribution in [0.25, 0.3) is 0 Å². The van der Waals surface area contributed by atoms with E-state index in [0.29, 0.717) is 0 Å². The minimum Gasteiger partial charge on any atom is -0.314 e. The van der Waals surface area contributed by atoms with Crippen molar-refractivity contribution in [2.75, 3.05) is 26.2 Å². The minimum atomic E-state index is 0.766. The lowest BCUT2D eigenvalue weighted by molar-refractivity contribution is 0.195. The molecule has 2 heteroatoms. The van der Waals surface area contributed by atoms with Crippen LogP contribution in [0.1, 0.15) is 45.4 Å². The van der Waals surface area contributed by atoms with E-state index in [-0.39, 0.29) is 0 Å². The number of hydrogen-bond donors (Lipinski definition) is 1. The summed E-state index contributed by atoms with van der Waals surface area (Å²) in [6.07, 6.45) is 12.5. The van der Waals surface area contributed by atoms with E-state index in [2.05, 4.69) is 23.1 Å². The maximum atomic E-state index is 5.24. The highest BCUT2D eigenvalue weighted by atomic mass is 15.1. The Morgan fingerprint density at radius 3 is 2.69 bits per heavy atom. The molecule has 0 amide bonds. The van der Waals surface area contributed by atoms with Gasteiger partial charge >= 0.3 is 0 Å². The Bertz CT molecular complexity index is 199. The van der Waals surface area contributed by atoms with Gasteiger partial charge in [0.05, 0.1) is 0 Å². The largest absolute Gasteiger partial charge is 0.314 e. The van der Waals surface area contributed by atoms with Crippen molar-refractivity contribution in [1.29, 1.82) is 0 Å². The Balaban J connectivity index is 2.01. The molecule has 0 aliphatic carbocycles. The van der Waals surface area contributed by atoms with Crippen LogP contribution >= 0.6 is 0 Å². The lowest BCUT2D eigenvalue weighted by Gasteiger charge is -2.32. The molecule has 0 spiro atoms. The van der Waals surface area contributed by atoms with Gasteiger partial charge in [-0.3, -0.25) is 0 Å². The van der Waals surface area contributed by atoms with Gasteiger partial charge in [0.2, 0.25) is 0 Å². The van der Waals surface area contributed by atoms with Gasteiger partial charge in [-0.15, -0.1) is 12.3 Å². The lowest BCUT2D eigenvalue weighted by atomic mass is 10.0. The van der Waals surface area contributed by atoms with E-state index in [1.54, 1.807) is 0 Å². The van der Waals surface area contributed by atoms with Crippen LogP contribution in [-0.2, 0) is 0 Å². The summed E-state index contributed by atoms with van der Waals surface area (Å²) in [6.45, 7) is 7.16. The first-order valence-corrected chi connectivity index (χ1v) is 6.76. The Kier molecular flexibility index (Phi) is 7.29. The fourth-order valence-corrected chi connectivity index (χ4v) is 2.27. The minimum absolute atomic E-state index is 0.766. The molecule has 0 aromatic carbocycles. The van der Waals surface area contributed by atoms with Crippen LogP contribution in [0.5, 0.6) is 0 Å². The number of nitrogens with zero attached hydrogens (tertiary/aromatic N) is 1. The third kappa shape index (κ3) is 5.53. The molecule has 0 aromatic heterocycles. The number of nitrogens with one attached hydrogen (secondary N) is 1. The van der Waals surface area contributed by atoms with Crippen molar-refractivity contribution < 1.29 is 0 Å². The average Bonchev–Trinajstić information content (AvgIpc) is 2.33. The fourth-order valence-electron chi connectivity index (χ4n) is 2.27. The van der Waals surface area contributed by atoms with E-state index < -0.39 is 0 Å². The van der Waals surface area contributed by atoms with Crippen LogP contribution in [0.3, 0.4) is 0 Å². The number of rotatable bonds is 7. The average molecular weight is 222 g/mol. The molecule has 1 saturated heterocycles. The van der Waals surface area contributed by atoms with Gasteiger partial charge in [0, 0.05) is 12.5 Å². The zero-order valence-corrected chi connectivity index (χ0v) is 10.7. The number of likely N-dealkylation sites (tertiary alicyclic amines) is 1. The maximum Gasteiger partial charge on any atom is 0.00914 e. The molecule has 1 rings (SSSR count). The second-order valence-corrected chi connectivity index (χ2v) is 4.73. The monoisotopic (exact) mass is 222 g/mol. The van der Waals surface area contributed by atoms with Crippen molar-refractivity contribution in [3.8, 4) is 12.3 Å². The Morgan fingerprint density at radius 1 is 1.31 bits per heavy atom. The molecular formula is C14H26N2. The molecule has 0 bridgehead atoms. The quantitative estimate of drug-likeness (QED) is 0.525. The summed E-state index contributed by atoms with van der Waals surface area (Å²) in [5.41, 5.74) is 0. The highest BCUT2D eigenvalue weighted by Gasteiger charge is 2.17. The van der Waals surface area contributed by atoms with Crippen LogP contribution in [0.15, 0.2) is 0 Å². The van der Waals surface area contributed by atoms with Crippen molar-refractivity contribution in [2.24, 2.45) is 0 Å². The number of unbranched alkanes of at least 4 members (excludes halogenated alkanes) is 2. The van der Waals surface area contributed by atoms with E-state index in [4.69, 9.17) is 6.42 Å². The molecular weight excluding hydrogens is 196 g/mol. The summed E-state index contributed by atoms with van der Waals surface area (Å²) in [4.78, 5) is 2.58. The van der Waals surface area contributed by atoms with Crippen molar-refractivity contribution in [3.05, 3.63) is 0 Å². The Hall–Kier alpha value is -0.520. The normalized spacial score (nSPS) is 18.5. The third-order valence-electron chi connectivity index (χ3n) is 3.32. The van der Waals surface area contributed by atoms with Crippen LogP contribution in [0.2, 0.25) is 0 Å². The summed E-state index contributed by atoms with van der Waals surface area (Å²) in [5, 5.41) is 3.62. The summed E-state index contributed by atoms with van der Waals surface area (Å²) in [7, 11) is 0. The second kappa shape index (κ2) is 8.61. The van der Waals surface area contributed by atoms with E-state index >= 15 is 0 Å². The van der Waals surface area contributed by atoms with Crippen molar-refractivity contribution >= 4 is 0 Å². The molecule has 1 fully saturated rings. The lowest BCUT2D eigenvalue weighted by Crippen LogP contribution is -2.42. The van der Waals surface area contributed by atoms with Gasteiger partial charge in [-0.2, -0.15) is 0 Å². The van der Waals surface area contributed by atoms with Gasteiger partial charge < -0.3 is 10.2 Å². The predicted molar refractivity (Wildman–Crippen MR) is 70.4 cm³/mol. The molecule has 0 atom stereocenters. The highest BCUT2D eigenvalue weighted by molar-refractivity contribution is 4.83. The molecule has 92 valence electrons. The van der Waals surface area contributed by atoms with Crippen LogP contribution in [0, 0.1) is 12.3 Å². The van der Waals surface area contributed by atoms with Gasteiger partial charge in [-0.1, -0.05) is 6.92 Å². The zero-order chi connectivity index (χ0) is 11.6. The van der Waals surface area contributed by atoms with Gasteiger partial charge in [0.15, 0.2) is 0 Å². The topological polar surface area (TPSA) is 15.3 Å². The van der Waals surface area contributed by atoms with E-state index in [1.165, 1.54) is 58.3 Å². The standard InChI is InChI=1S/C14H26N2/c1-3-5-6-7-11-16-12-8-14(9-13-16)15-10-4-2/h1,14-15H,4-13H2,2H3. The molecule has 1 aliphatic heterocycles. The van der Waals surface area contributed by atoms with Crippen LogP contribution < -0.4 is 5.32 Å². The molecule has 16 heavy (non-hydrogen) atoms. The van der Waals surface area contributed by atoms with Gasteiger partial charge in [0.1, 0.15) is 0 Å². The maximum absolute atomic E-state index is 5.24. The second-order valence-electron chi connectivity index (χ2n) is 4.73. The SMILES string of the molecule is C#CCCCCN1CCC(NCCC)CC1. The van der Waals surface area contributed by atoms with Crippen molar-refractivity contribution in [2.45, 2.75) is 51.5 Å². The molecule has 0 radical (unpaired) electrons. The molecule has 0 unspecified atom stereocenters. The summed E-state index contributed by atoms with van der Waals surface area (Å²) < 4.78 is 0. The molecule has 0 aromatic rings. The van der Waals surface area contributed by atoms with E-state index in [0.717, 1.165) is 12.5 Å². The number of piperidine rings is 1. The number of hydrogen-bond acceptors (Lipinski definition) is 2. The van der Waals surface area contributed by atoms with Gasteiger partial charge in [-0.05, 0) is 58.3 Å². The molecule has 1 heterocycles. The van der Waals surface area contributed by atoms with Crippen LogP contribution in [-0.4, -0.2) is 37.1 Å². The first-order valence-electron chi connectivity index (χ1n) is 6.76. The summed E-state index contributed by atoms with van der Waals surface area (Å²) >= 11 is 0. The highest BCUT2D eigenvalue weighted by Crippen LogP contribution is 2.11. The van der Waals surface area contributed by atoms with Crippen LogP contribution in [0.4, 0.5) is 0 Å². The number of terminal acetylenes is 1. The first-order chi connectivity index (χ1) is 7.86. The molecule has 1 N–H and O–H groups in total. The summed E-state index contributed by atoms with van der Waals surface area (Å²) in [5.74, 6) is 2.71. The summed E-state index contributed by atoms with van der Waals surface area (Å²) in [6, 6.07) is 0.766.